The Kier molecular flexibility index (Phi) is 3.62. The predicted octanol–water partition coefficient (Wildman–Crippen LogP) is 1.61. The van der Waals surface area contributed by atoms with Gasteiger partial charge in [-0.05, 0) is 25.2 Å². The monoisotopic (exact) mass is 253 g/mol. The van der Waals surface area contributed by atoms with Gasteiger partial charge in [0.1, 0.15) is 4.05 Å². The Balaban J connectivity index is 2.30. The Morgan fingerprint density at radius 3 is 2.90 bits per heavy atom. The molecule has 0 radical (unpaired) electrons. The van der Waals surface area contributed by atoms with E-state index >= 15 is 0 Å². The van der Waals surface area contributed by atoms with E-state index in [9.17, 15) is 0 Å². The fourth-order valence-corrected chi connectivity index (χ4v) is 1.65. The molecule has 0 aliphatic carbocycles. The molecule has 0 amide bonds. The first-order valence-corrected chi connectivity index (χ1v) is 4.85. The fourth-order valence-electron chi connectivity index (χ4n) is 1.10. The summed E-state index contributed by atoms with van der Waals surface area (Å²) in [6.45, 7) is 0.294. The van der Waals surface area contributed by atoms with Crippen molar-refractivity contribution in [2.45, 2.75) is 23.3 Å². The average molecular weight is 253 g/mol. The van der Waals surface area contributed by atoms with Gasteiger partial charge in [0.15, 0.2) is 0 Å². The highest BCUT2D eigenvalue weighted by atomic mass is 127. The van der Waals surface area contributed by atoms with Crippen molar-refractivity contribution in [2.24, 2.45) is 10.9 Å². The van der Waals surface area contributed by atoms with Gasteiger partial charge in [-0.15, -0.1) is 0 Å². The third-order valence-corrected chi connectivity index (χ3v) is 2.68. The number of alkyl halides is 1. The van der Waals surface area contributed by atoms with E-state index in [-0.39, 0.29) is 0 Å². The van der Waals surface area contributed by atoms with Crippen LogP contribution < -0.4 is 0 Å². The molecular formula is C7H12INO. The Hall–Kier alpha value is 0.360. The van der Waals surface area contributed by atoms with Crippen LogP contribution in [-0.2, 0) is 0 Å². The fraction of sp³-hybridized carbons (Fsp3) is 0.857. The van der Waals surface area contributed by atoms with Crippen LogP contribution in [0.3, 0.4) is 0 Å². The van der Waals surface area contributed by atoms with Crippen molar-refractivity contribution < 1.29 is 5.11 Å². The van der Waals surface area contributed by atoms with Crippen molar-refractivity contribution in [3.63, 3.8) is 0 Å². The van der Waals surface area contributed by atoms with Gasteiger partial charge in [-0.25, -0.2) is 0 Å². The third kappa shape index (κ3) is 2.54. The first kappa shape index (κ1) is 8.46. The number of aliphatic hydroxyl groups excluding tert-OH is 1. The van der Waals surface area contributed by atoms with Crippen molar-refractivity contribution in [1.82, 2.24) is 0 Å². The molecule has 58 valence electrons. The highest BCUT2D eigenvalue weighted by Crippen LogP contribution is 2.21. The molecule has 0 saturated heterocycles. The largest absolute Gasteiger partial charge is 0.396 e. The first-order chi connectivity index (χ1) is 4.83. The summed E-state index contributed by atoms with van der Waals surface area (Å²) in [6, 6.07) is 0. The van der Waals surface area contributed by atoms with Gasteiger partial charge in [0.25, 0.3) is 0 Å². The summed E-state index contributed by atoms with van der Waals surface area (Å²) in [5.74, 6) is 0.538. The molecule has 0 aromatic heterocycles. The van der Waals surface area contributed by atoms with E-state index in [1.807, 2.05) is 6.21 Å². The van der Waals surface area contributed by atoms with Crippen LogP contribution in [0.5, 0.6) is 0 Å². The molecule has 1 aliphatic rings. The number of nitrogens with zero attached hydrogens (tertiary/aromatic N) is 1. The van der Waals surface area contributed by atoms with Crippen LogP contribution in [0.25, 0.3) is 0 Å². The Morgan fingerprint density at radius 1 is 1.60 bits per heavy atom. The molecule has 2 unspecified atom stereocenters. The van der Waals surface area contributed by atoms with Gasteiger partial charge in [-0.2, -0.15) is 0 Å². The summed E-state index contributed by atoms with van der Waals surface area (Å²) in [6.07, 6.45) is 5.24. The van der Waals surface area contributed by atoms with E-state index in [0.717, 1.165) is 6.42 Å². The van der Waals surface area contributed by atoms with Gasteiger partial charge >= 0.3 is 0 Å². The number of aliphatic hydroxyl groups is 1. The molecule has 0 aromatic carbocycles. The topological polar surface area (TPSA) is 32.6 Å². The number of halogens is 1. The molecule has 1 aliphatic heterocycles. The molecule has 10 heavy (non-hydrogen) atoms. The predicted molar refractivity (Wildman–Crippen MR) is 50.7 cm³/mol. The molecule has 1 rings (SSSR count). The van der Waals surface area contributed by atoms with E-state index in [4.69, 9.17) is 5.11 Å². The number of aliphatic imine (C=N–C) groups is 1. The van der Waals surface area contributed by atoms with Crippen LogP contribution in [0.1, 0.15) is 19.3 Å². The minimum Gasteiger partial charge on any atom is -0.396 e. The molecule has 1 heterocycles. The maximum Gasteiger partial charge on any atom is 0.101 e. The molecular weight excluding hydrogens is 241 g/mol. The number of rotatable bonds is 2. The number of hydrogen-bond donors (Lipinski definition) is 1. The minimum absolute atomic E-state index is 0.294. The lowest BCUT2D eigenvalue weighted by molar-refractivity contribution is 0.270. The van der Waals surface area contributed by atoms with Gasteiger partial charge in [-0.1, -0.05) is 22.6 Å². The normalized spacial score (nSPS) is 32.6. The number of hydrogen-bond acceptors (Lipinski definition) is 2. The van der Waals surface area contributed by atoms with E-state index < -0.39 is 0 Å². The zero-order chi connectivity index (χ0) is 7.40. The third-order valence-electron chi connectivity index (χ3n) is 1.73. The molecule has 0 aromatic rings. The molecule has 0 fully saturated rings. The molecule has 2 atom stereocenters. The maximum atomic E-state index is 8.62. The molecule has 1 N–H and O–H groups in total. The van der Waals surface area contributed by atoms with Crippen LogP contribution in [0, 0.1) is 5.92 Å². The van der Waals surface area contributed by atoms with E-state index in [2.05, 4.69) is 27.6 Å². The summed E-state index contributed by atoms with van der Waals surface area (Å²) >= 11 is 2.33. The van der Waals surface area contributed by atoms with E-state index in [1.165, 1.54) is 12.8 Å². The Bertz CT molecular complexity index is 127. The summed E-state index contributed by atoms with van der Waals surface area (Å²) in [4.78, 5) is 4.28. The molecule has 2 nitrogen and oxygen atoms in total. The molecule has 3 heteroatoms. The van der Waals surface area contributed by atoms with Gasteiger partial charge < -0.3 is 5.11 Å². The zero-order valence-electron chi connectivity index (χ0n) is 5.83. The quantitative estimate of drug-likeness (QED) is 0.452. The van der Waals surface area contributed by atoms with Crippen LogP contribution in [0.2, 0.25) is 0 Å². The second-order valence-electron chi connectivity index (χ2n) is 2.58. The Morgan fingerprint density at radius 2 is 2.40 bits per heavy atom. The highest BCUT2D eigenvalue weighted by molar-refractivity contribution is 14.1. The van der Waals surface area contributed by atoms with Crippen molar-refractivity contribution in [2.75, 3.05) is 6.61 Å². The van der Waals surface area contributed by atoms with Gasteiger partial charge in [0.05, 0.1) is 0 Å². The molecule has 0 saturated carbocycles. The lowest BCUT2D eigenvalue weighted by Crippen LogP contribution is -2.13. The van der Waals surface area contributed by atoms with Gasteiger partial charge in [-0.3, -0.25) is 4.99 Å². The van der Waals surface area contributed by atoms with Crippen LogP contribution in [0.15, 0.2) is 4.99 Å². The minimum atomic E-state index is 0.294. The SMILES string of the molecule is OCCC1C=NC(I)CC1. The summed E-state index contributed by atoms with van der Waals surface area (Å²) in [5.41, 5.74) is 0. The van der Waals surface area contributed by atoms with Crippen molar-refractivity contribution in [3.8, 4) is 0 Å². The second kappa shape index (κ2) is 4.28. The van der Waals surface area contributed by atoms with Crippen LogP contribution in [0.4, 0.5) is 0 Å². The first-order valence-electron chi connectivity index (χ1n) is 3.61. The molecule has 0 bridgehead atoms. The smallest absolute Gasteiger partial charge is 0.101 e. The zero-order valence-corrected chi connectivity index (χ0v) is 7.99. The summed E-state index contributed by atoms with van der Waals surface area (Å²) in [5, 5.41) is 8.62. The van der Waals surface area contributed by atoms with E-state index in [0.29, 0.717) is 16.6 Å². The average Bonchev–Trinajstić information content (AvgIpc) is 1.95. The van der Waals surface area contributed by atoms with Gasteiger partial charge in [0.2, 0.25) is 0 Å². The van der Waals surface area contributed by atoms with Crippen molar-refractivity contribution >= 4 is 28.8 Å². The van der Waals surface area contributed by atoms with Crippen molar-refractivity contribution in [1.29, 1.82) is 0 Å². The van der Waals surface area contributed by atoms with Gasteiger partial charge in [0, 0.05) is 12.8 Å². The summed E-state index contributed by atoms with van der Waals surface area (Å²) < 4.78 is 0.479. The van der Waals surface area contributed by atoms with E-state index in [1.54, 1.807) is 0 Å². The lowest BCUT2D eigenvalue weighted by Gasteiger charge is -2.17. The molecule has 0 spiro atoms. The Labute approximate surface area is 74.9 Å². The standard InChI is InChI=1S/C7H12INO/c8-7-2-1-6(3-4-10)5-9-7/h5-7,10H,1-4H2. The maximum absolute atomic E-state index is 8.62. The van der Waals surface area contributed by atoms with Crippen LogP contribution in [-0.4, -0.2) is 22.0 Å². The lowest BCUT2D eigenvalue weighted by atomic mass is 9.99. The van der Waals surface area contributed by atoms with Crippen molar-refractivity contribution in [3.05, 3.63) is 0 Å². The second-order valence-corrected chi connectivity index (χ2v) is 4.02. The highest BCUT2D eigenvalue weighted by Gasteiger charge is 2.13. The summed E-state index contributed by atoms with van der Waals surface area (Å²) in [7, 11) is 0. The van der Waals surface area contributed by atoms with Crippen LogP contribution >= 0.6 is 22.6 Å².